The van der Waals surface area contributed by atoms with E-state index in [0.29, 0.717) is 13.0 Å². The highest BCUT2D eigenvalue weighted by molar-refractivity contribution is 5.88. The summed E-state index contributed by atoms with van der Waals surface area (Å²) < 4.78 is 5.61. The zero-order valence-electron chi connectivity index (χ0n) is 14.1. The summed E-state index contributed by atoms with van der Waals surface area (Å²) in [5.41, 5.74) is 5.69. The van der Waals surface area contributed by atoms with E-state index in [1.54, 1.807) is 12.1 Å². The van der Waals surface area contributed by atoms with Crippen molar-refractivity contribution in [3.63, 3.8) is 0 Å². The van der Waals surface area contributed by atoms with Gasteiger partial charge in [0.15, 0.2) is 0 Å². The van der Waals surface area contributed by atoms with Crippen molar-refractivity contribution in [2.45, 2.75) is 45.4 Å². The first-order valence-corrected chi connectivity index (χ1v) is 7.64. The van der Waals surface area contributed by atoms with Gasteiger partial charge in [-0.2, -0.15) is 0 Å². The van der Waals surface area contributed by atoms with Crippen LogP contribution in [0.5, 0.6) is 0 Å². The molecule has 2 unspecified atom stereocenters. The molecule has 2 atom stereocenters. The van der Waals surface area contributed by atoms with Crippen LogP contribution in [0.25, 0.3) is 0 Å². The lowest BCUT2D eigenvalue weighted by Crippen LogP contribution is -2.75. The number of benzene rings is 1. The average molecular weight is 358 g/mol. The predicted molar refractivity (Wildman–Crippen MR) is 92.9 cm³/mol. The molecule has 1 amide bonds. The number of nitro benzene ring substituents is 1. The number of nitrogens with zero attached hydrogens (tertiary/aromatic N) is 1. The Morgan fingerprint density at radius 3 is 2.46 bits per heavy atom. The molecule has 0 saturated heterocycles. The van der Waals surface area contributed by atoms with Gasteiger partial charge in [-0.25, -0.2) is 0 Å². The summed E-state index contributed by atoms with van der Waals surface area (Å²) >= 11 is 0. The van der Waals surface area contributed by atoms with E-state index in [9.17, 15) is 14.9 Å². The third kappa shape index (κ3) is 3.53. The number of nitro groups is 1. The number of non-ortho nitro benzene ring substituents is 1. The molecule has 0 radical (unpaired) electrons. The van der Waals surface area contributed by atoms with Crippen LogP contribution in [0.15, 0.2) is 24.3 Å². The lowest BCUT2D eigenvalue weighted by Gasteiger charge is -2.57. The van der Waals surface area contributed by atoms with E-state index in [0.717, 1.165) is 5.56 Å². The molecule has 1 saturated carbocycles. The third-order valence-electron chi connectivity index (χ3n) is 4.84. The quantitative estimate of drug-likeness (QED) is 0.599. The van der Waals surface area contributed by atoms with Gasteiger partial charge in [-0.15, -0.1) is 12.4 Å². The highest BCUT2D eigenvalue weighted by Crippen LogP contribution is 2.49. The second-order valence-electron chi connectivity index (χ2n) is 6.45. The Morgan fingerprint density at radius 2 is 2.00 bits per heavy atom. The van der Waals surface area contributed by atoms with Crippen LogP contribution in [0.4, 0.5) is 5.69 Å². The van der Waals surface area contributed by atoms with Crippen molar-refractivity contribution in [1.29, 1.82) is 0 Å². The van der Waals surface area contributed by atoms with E-state index in [4.69, 9.17) is 10.5 Å². The number of rotatable bonds is 6. The van der Waals surface area contributed by atoms with Crippen molar-refractivity contribution in [3.8, 4) is 0 Å². The molecule has 24 heavy (non-hydrogen) atoms. The minimum Gasteiger partial charge on any atom is -0.378 e. The molecule has 0 heterocycles. The molecule has 3 N–H and O–H groups in total. The summed E-state index contributed by atoms with van der Waals surface area (Å²) in [5.74, 6) is -0.225. The van der Waals surface area contributed by atoms with Gasteiger partial charge in [0.2, 0.25) is 5.91 Å². The summed E-state index contributed by atoms with van der Waals surface area (Å²) in [6.45, 7) is 6.66. The van der Waals surface area contributed by atoms with Crippen LogP contribution >= 0.6 is 12.4 Å². The van der Waals surface area contributed by atoms with E-state index < -0.39 is 15.9 Å². The van der Waals surface area contributed by atoms with Crippen LogP contribution in [0, 0.1) is 15.5 Å². The summed E-state index contributed by atoms with van der Waals surface area (Å²) in [5, 5.41) is 13.4. The number of hydrogen-bond donors (Lipinski definition) is 2. The molecule has 1 aromatic rings. The lowest BCUT2D eigenvalue weighted by atomic mass is 9.54. The zero-order chi connectivity index (χ0) is 17.3. The Hall–Kier alpha value is -1.70. The van der Waals surface area contributed by atoms with Gasteiger partial charge in [0.1, 0.15) is 5.54 Å². The summed E-state index contributed by atoms with van der Waals surface area (Å²) in [6, 6.07) is 6.07. The van der Waals surface area contributed by atoms with E-state index in [1.165, 1.54) is 12.1 Å². The number of nitrogens with one attached hydrogen (secondary N) is 1. The van der Waals surface area contributed by atoms with Gasteiger partial charge in [-0.1, -0.05) is 26.0 Å². The first-order chi connectivity index (χ1) is 10.7. The second-order valence-corrected chi connectivity index (χ2v) is 6.45. The molecule has 0 spiro atoms. The van der Waals surface area contributed by atoms with Crippen molar-refractivity contribution < 1.29 is 14.5 Å². The Labute approximate surface area is 147 Å². The number of carbonyl (C=O) groups is 1. The van der Waals surface area contributed by atoms with Gasteiger partial charge in [0, 0.05) is 37.1 Å². The minimum absolute atomic E-state index is 0. The molecule has 8 heteroatoms. The topological polar surface area (TPSA) is 107 Å². The SMILES string of the molecule is CCOC1CC(N)(C(=O)NCc2ccc([N+](=O)[O-])cc2)C1(C)C.Cl. The molecule has 7 nitrogen and oxygen atoms in total. The molecule has 0 aliphatic heterocycles. The Morgan fingerprint density at radius 1 is 1.42 bits per heavy atom. The fourth-order valence-corrected chi connectivity index (χ4v) is 2.90. The molecule has 1 aromatic carbocycles. The molecule has 0 aromatic heterocycles. The van der Waals surface area contributed by atoms with Crippen LogP contribution in [-0.2, 0) is 16.1 Å². The maximum Gasteiger partial charge on any atom is 0.269 e. The Bertz CT molecular complexity index is 606. The van der Waals surface area contributed by atoms with Crippen molar-refractivity contribution in [1.82, 2.24) is 5.32 Å². The summed E-state index contributed by atoms with van der Waals surface area (Å²) in [4.78, 5) is 22.6. The van der Waals surface area contributed by atoms with Crippen molar-refractivity contribution in [2.24, 2.45) is 11.1 Å². The van der Waals surface area contributed by atoms with Crippen molar-refractivity contribution >= 4 is 24.0 Å². The molecule has 0 bridgehead atoms. The van der Waals surface area contributed by atoms with E-state index in [-0.39, 0.29) is 36.7 Å². The standard InChI is InChI=1S/C16H23N3O4.ClH/c1-4-23-13-9-16(17,15(13,2)3)14(20)18-10-11-5-7-12(8-6-11)19(21)22;/h5-8,13H,4,9-10,17H2,1-3H3,(H,18,20);1H. The first kappa shape index (κ1) is 20.3. The van der Waals surface area contributed by atoms with Crippen molar-refractivity contribution in [2.75, 3.05) is 6.61 Å². The Kier molecular flexibility index (Phi) is 6.32. The minimum atomic E-state index is -0.965. The maximum atomic E-state index is 12.5. The van der Waals surface area contributed by atoms with Gasteiger partial charge in [-0.05, 0) is 12.5 Å². The third-order valence-corrected chi connectivity index (χ3v) is 4.84. The maximum absolute atomic E-state index is 12.5. The van der Waals surface area contributed by atoms with E-state index in [2.05, 4.69) is 5.32 Å². The Balaban J connectivity index is 0.00000288. The molecular formula is C16H24ClN3O4. The average Bonchev–Trinajstić information content (AvgIpc) is 2.52. The van der Waals surface area contributed by atoms with Crippen LogP contribution in [-0.4, -0.2) is 29.1 Å². The molecular weight excluding hydrogens is 334 g/mol. The van der Waals surface area contributed by atoms with Crippen LogP contribution in [0.3, 0.4) is 0 Å². The number of amides is 1. The van der Waals surface area contributed by atoms with Gasteiger partial charge in [-0.3, -0.25) is 14.9 Å². The molecule has 1 fully saturated rings. The van der Waals surface area contributed by atoms with Crippen LogP contribution < -0.4 is 11.1 Å². The fraction of sp³-hybridized carbons (Fsp3) is 0.562. The highest BCUT2D eigenvalue weighted by Gasteiger charge is 2.62. The zero-order valence-corrected chi connectivity index (χ0v) is 14.9. The lowest BCUT2D eigenvalue weighted by molar-refractivity contribution is -0.384. The van der Waals surface area contributed by atoms with Gasteiger partial charge < -0.3 is 15.8 Å². The van der Waals surface area contributed by atoms with E-state index >= 15 is 0 Å². The normalized spacial score (nSPS) is 24.4. The molecule has 1 aliphatic rings. The predicted octanol–water partition coefficient (Wildman–Crippen LogP) is 2.17. The molecule has 2 rings (SSSR count). The van der Waals surface area contributed by atoms with Crippen molar-refractivity contribution in [3.05, 3.63) is 39.9 Å². The monoisotopic (exact) mass is 357 g/mol. The molecule has 134 valence electrons. The number of carbonyl (C=O) groups excluding carboxylic acids is 1. The van der Waals surface area contributed by atoms with Crippen LogP contribution in [0.2, 0.25) is 0 Å². The highest BCUT2D eigenvalue weighted by atomic mass is 35.5. The number of halogens is 1. The second kappa shape index (κ2) is 7.46. The van der Waals surface area contributed by atoms with Crippen LogP contribution in [0.1, 0.15) is 32.8 Å². The first-order valence-electron chi connectivity index (χ1n) is 7.64. The van der Waals surface area contributed by atoms with Gasteiger partial charge in [0.05, 0.1) is 11.0 Å². The molecule has 1 aliphatic carbocycles. The largest absolute Gasteiger partial charge is 0.378 e. The number of nitrogens with two attached hydrogens (primary N) is 1. The number of hydrogen-bond acceptors (Lipinski definition) is 5. The van der Waals surface area contributed by atoms with Gasteiger partial charge in [0.25, 0.3) is 5.69 Å². The fourth-order valence-electron chi connectivity index (χ4n) is 2.90. The summed E-state index contributed by atoms with van der Waals surface area (Å²) in [6.07, 6.45) is 0.461. The summed E-state index contributed by atoms with van der Waals surface area (Å²) in [7, 11) is 0. The van der Waals surface area contributed by atoms with Gasteiger partial charge >= 0.3 is 0 Å². The smallest absolute Gasteiger partial charge is 0.269 e. The van der Waals surface area contributed by atoms with E-state index in [1.807, 2.05) is 20.8 Å². The number of ether oxygens (including phenoxy) is 1.